The van der Waals surface area contributed by atoms with Gasteiger partial charge in [-0.25, -0.2) is 0 Å². The lowest BCUT2D eigenvalue weighted by Crippen LogP contribution is -2.54. The predicted octanol–water partition coefficient (Wildman–Crippen LogP) is 3.07. The van der Waals surface area contributed by atoms with Crippen molar-refractivity contribution in [2.75, 3.05) is 38.2 Å². The molecular formula is C20H30N2O4. The maximum absolute atomic E-state index is 12.7. The van der Waals surface area contributed by atoms with E-state index in [4.69, 9.17) is 14.2 Å². The monoisotopic (exact) mass is 362 g/mol. The molecule has 0 bridgehead atoms. The van der Waals surface area contributed by atoms with Crippen molar-refractivity contribution in [3.8, 4) is 11.5 Å². The summed E-state index contributed by atoms with van der Waals surface area (Å²) in [6.45, 7) is 6.90. The number of hydrogen-bond donors (Lipinski definition) is 1. The van der Waals surface area contributed by atoms with Crippen molar-refractivity contribution in [1.82, 2.24) is 4.90 Å². The highest BCUT2D eigenvalue weighted by Gasteiger charge is 2.34. The first kappa shape index (κ1) is 19.0. The Kier molecular flexibility index (Phi) is 6.74. The molecule has 1 N–H and O–H groups in total. The third kappa shape index (κ3) is 4.68. The van der Waals surface area contributed by atoms with E-state index in [0.29, 0.717) is 43.8 Å². The van der Waals surface area contributed by atoms with Gasteiger partial charge in [-0.15, -0.1) is 0 Å². The number of ether oxygens (including phenoxy) is 3. The summed E-state index contributed by atoms with van der Waals surface area (Å²) in [7, 11) is 0. The van der Waals surface area contributed by atoms with Crippen molar-refractivity contribution in [2.45, 2.75) is 51.7 Å². The molecule has 0 spiro atoms. The Bertz CT molecular complexity index is 605. The number of nitrogens with one attached hydrogen (secondary N) is 1. The smallest absolute Gasteiger partial charge is 0.238 e. The Morgan fingerprint density at radius 2 is 2.04 bits per heavy atom. The Hall–Kier alpha value is -1.79. The van der Waals surface area contributed by atoms with E-state index < -0.39 is 0 Å². The molecule has 26 heavy (non-hydrogen) atoms. The van der Waals surface area contributed by atoms with Crippen molar-refractivity contribution in [2.24, 2.45) is 0 Å². The highest BCUT2D eigenvalue weighted by molar-refractivity contribution is 5.94. The number of hydrogen-bond acceptors (Lipinski definition) is 5. The minimum absolute atomic E-state index is 0.0224. The molecule has 2 fully saturated rings. The zero-order valence-corrected chi connectivity index (χ0v) is 15.8. The molecule has 6 nitrogen and oxygen atoms in total. The predicted molar refractivity (Wildman–Crippen MR) is 101 cm³/mol. The maximum atomic E-state index is 12.7. The van der Waals surface area contributed by atoms with Crippen molar-refractivity contribution >= 4 is 11.6 Å². The fourth-order valence-corrected chi connectivity index (χ4v) is 3.89. The number of morpholine rings is 1. The topological polar surface area (TPSA) is 60.0 Å². The van der Waals surface area contributed by atoms with Crippen LogP contribution in [0.3, 0.4) is 0 Å². The molecule has 144 valence electrons. The van der Waals surface area contributed by atoms with Gasteiger partial charge in [-0.2, -0.15) is 0 Å². The molecule has 1 aliphatic carbocycles. The SMILES string of the molecule is CCOc1ccc(OCC)c(NC(=O)CN2CCOC3CCCCC32)c1. The molecule has 1 saturated carbocycles. The fraction of sp³-hybridized carbons (Fsp3) is 0.650. The molecule has 2 unspecified atom stereocenters. The summed E-state index contributed by atoms with van der Waals surface area (Å²) >= 11 is 0. The Morgan fingerprint density at radius 1 is 1.23 bits per heavy atom. The standard InChI is InChI=1S/C20H30N2O4/c1-3-24-15-9-10-18(25-4-2)16(13-15)21-20(23)14-22-11-12-26-19-8-6-5-7-17(19)22/h9-10,13,17,19H,3-8,11-12,14H2,1-2H3,(H,21,23). The number of carbonyl (C=O) groups excluding carboxylic acids is 1. The molecular weight excluding hydrogens is 332 g/mol. The van der Waals surface area contributed by atoms with Gasteiger partial charge >= 0.3 is 0 Å². The third-order valence-corrected chi connectivity index (χ3v) is 5.03. The number of carbonyl (C=O) groups is 1. The maximum Gasteiger partial charge on any atom is 0.238 e. The van der Waals surface area contributed by atoms with Crippen LogP contribution in [0.15, 0.2) is 18.2 Å². The molecule has 6 heteroatoms. The normalized spacial score (nSPS) is 23.2. The highest BCUT2D eigenvalue weighted by atomic mass is 16.5. The van der Waals surface area contributed by atoms with Crippen LogP contribution in [0.2, 0.25) is 0 Å². The Labute approximate surface area is 155 Å². The summed E-state index contributed by atoms with van der Waals surface area (Å²) < 4.78 is 17.1. The van der Waals surface area contributed by atoms with E-state index in [1.807, 2.05) is 32.0 Å². The van der Waals surface area contributed by atoms with E-state index in [9.17, 15) is 4.79 Å². The summed E-state index contributed by atoms with van der Waals surface area (Å²) in [6.07, 6.45) is 4.94. The quantitative estimate of drug-likeness (QED) is 0.808. The summed E-state index contributed by atoms with van der Waals surface area (Å²) in [4.78, 5) is 15.0. The lowest BCUT2D eigenvalue weighted by atomic mass is 9.90. The van der Waals surface area contributed by atoms with E-state index in [1.165, 1.54) is 12.8 Å². The number of nitrogens with zero attached hydrogens (tertiary/aromatic N) is 1. The van der Waals surface area contributed by atoms with Crippen LogP contribution >= 0.6 is 0 Å². The zero-order valence-electron chi connectivity index (χ0n) is 15.8. The largest absolute Gasteiger partial charge is 0.494 e. The third-order valence-electron chi connectivity index (χ3n) is 5.03. The average molecular weight is 362 g/mol. The molecule has 0 aromatic heterocycles. The van der Waals surface area contributed by atoms with Gasteiger partial charge in [0.05, 0.1) is 38.2 Å². The number of rotatable bonds is 7. The van der Waals surface area contributed by atoms with Crippen LogP contribution in [0.5, 0.6) is 11.5 Å². The van der Waals surface area contributed by atoms with Gasteiger partial charge in [0.15, 0.2) is 0 Å². The van der Waals surface area contributed by atoms with Crippen LogP contribution in [0.1, 0.15) is 39.5 Å². The number of fused-ring (bicyclic) bond motifs is 1. The van der Waals surface area contributed by atoms with Gasteiger partial charge in [-0.3, -0.25) is 9.69 Å². The first-order chi connectivity index (χ1) is 12.7. The molecule has 1 saturated heterocycles. The average Bonchev–Trinajstić information content (AvgIpc) is 2.64. The van der Waals surface area contributed by atoms with Crippen molar-refractivity contribution in [3.63, 3.8) is 0 Å². The van der Waals surface area contributed by atoms with Crippen LogP contribution in [0.4, 0.5) is 5.69 Å². The number of amides is 1. The molecule has 1 aromatic rings. The van der Waals surface area contributed by atoms with Crippen molar-refractivity contribution in [1.29, 1.82) is 0 Å². The highest BCUT2D eigenvalue weighted by Crippen LogP contribution is 2.31. The molecule has 2 aliphatic rings. The van der Waals surface area contributed by atoms with E-state index in [-0.39, 0.29) is 12.0 Å². The molecule has 0 radical (unpaired) electrons. The van der Waals surface area contributed by atoms with Gasteiger partial charge in [0.1, 0.15) is 11.5 Å². The van der Waals surface area contributed by atoms with Crippen LogP contribution < -0.4 is 14.8 Å². The van der Waals surface area contributed by atoms with Gasteiger partial charge < -0.3 is 19.5 Å². The van der Waals surface area contributed by atoms with Crippen LogP contribution in [0.25, 0.3) is 0 Å². The Morgan fingerprint density at radius 3 is 2.85 bits per heavy atom. The molecule has 1 amide bonds. The second kappa shape index (κ2) is 9.24. The van der Waals surface area contributed by atoms with E-state index in [2.05, 4.69) is 10.2 Å². The summed E-state index contributed by atoms with van der Waals surface area (Å²) in [5.74, 6) is 1.37. The molecule has 1 aliphatic heterocycles. The minimum atomic E-state index is -0.0224. The molecule has 1 aromatic carbocycles. The van der Waals surface area contributed by atoms with Gasteiger partial charge in [0.2, 0.25) is 5.91 Å². The second-order valence-electron chi connectivity index (χ2n) is 6.80. The summed E-state index contributed by atoms with van der Waals surface area (Å²) in [6, 6.07) is 5.90. The van der Waals surface area contributed by atoms with E-state index in [0.717, 1.165) is 25.1 Å². The number of anilines is 1. The molecule has 1 heterocycles. The fourth-order valence-electron chi connectivity index (χ4n) is 3.89. The van der Waals surface area contributed by atoms with Crippen LogP contribution in [-0.4, -0.2) is 55.9 Å². The van der Waals surface area contributed by atoms with E-state index in [1.54, 1.807) is 0 Å². The first-order valence-electron chi connectivity index (χ1n) is 9.76. The van der Waals surface area contributed by atoms with Crippen LogP contribution in [0, 0.1) is 0 Å². The lowest BCUT2D eigenvalue weighted by molar-refractivity contribution is -0.124. The first-order valence-corrected chi connectivity index (χ1v) is 9.76. The molecule has 2 atom stereocenters. The van der Waals surface area contributed by atoms with Gasteiger partial charge in [-0.05, 0) is 38.8 Å². The van der Waals surface area contributed by atoms with Crippen LogP contribution in [-0.2, 0) is 9.53 Å². The zero-order chi connectivity index (χ0) is 18.4. The minimum Gasteiger partial charge on any atom is -0.494 e. The van der Waals surface area contributed by atoms with Gasteiger partial charge in [0, 0.05) is 18.7 Å². The lowest BCUT2D eigenvalue weighted by Gasteiger charge is -2.43. The van der Waals surface area contributed by atoms with Gasteiger partial charge in [0.25, 0.3) is 0 Å². The van der Waals surface area contributed by atoms with Gasteiger partial charge in [-0.1, -0.05) is 12.8 Å². The van der Waals surface area contributed by atoms with E-state index >= 15 is 0 Å². The summed E-state index contributed by atoms with van der Waals surface area (Å²) in [5.41, 5.74) is 0.663. The van der Waals surface area contributed by atoms with Crippen molar-refractivity contribution in [3.05, 3.63) is 18.2 Å². The second-order valence-corrected chi connectivity index (χ2v) is 6.80. The molecule has 3 rings (SSSR count). The summed E-state index contributed by atoms with van der Waals surface area (Å²) in [5, 5.41) is 3.01. The van der Waals surface area contributed by atoms with Crippen molar-refractivity contribution < 1.29 is 19.0 Å². The Balaban J connectivity index is 1.65. The number of benzene rings is 1.